The molecule has 21 heavy (non-hydrogen) atoms. The number of nitrogens with zero attached hydrogens (tertiary/aromatic N) is 3. The Balaban J connectivity index is 2.22. The van der Waals surface area contributed by atoms with Crippen molar-refractivity contribution in [3.05, 3.63) is 29.2 Å². The van der Waals surface area contributed by atoms with Crippen LogP contribution in [0.3, 0.4) is 0 Å². The number of nitriles is 1. The molecule has 0 aliphatic heterocycles. The van der Waals surface area contributed by atoms with E-state index >= 15 is 0 Å². The van der Waals surface area contributed by atoms with Gasteiger partial charge in [0.15, 0.2) is 0 Å². The average Bonchev–Trinajstić information content (AvgIpc) is 2.50. The van der Waals surface area contributed by atoms with Crippen LogP contribution in [0, 0.1) is 23.2 Å². The van der Waals surface area contributed by atoms with Crippen LogP contribution in [0.1, 0.15) is 31.5 Å². The molecule has 0 bridgehead atoms. The molecule has 0 spiro atoms. The van der Waals surface area contributed by atoms with E-state index in [-0.39, 0.29) is 17.3 Å². The molecule has 0 fully saturated rings. The third kappa shape index (κ3) is 1.86. The number of ether oxygens (including phenoxy) is 1. The molecule has 0 aromatic carbocycles. The van der Waals surface area contributed by atoms with E-state index in [9.17, 15) is 10.4 Å². The van der Waals surface area contributed by atoms with Crippen molar-refractivity contribution in [2.24, 2.45) is 11.8 Å². The van der Waals surface area contributed by atoms with Crippen LogP contribution in [-0.4, -0.2) is 28.3 Å². The Hall–Kier alpha value is -1.93. The van der Waals surface area contributed by atoms with Crippen molar-refractivity contribution in [3.63, 3.8) is 0 Å². The summed E-state index contributed by atoms with van der Waals surface area (Å²) in [7, 11) is 1.61. The highest BCUT2D eigenvalue weighted by molar-refractivity contribution is 5.46. The lowest BCUT2D eigenvalue weighted by atomic mass is 9.57. The summed E-state index contributed by atoms with van der Waals surface area (Å²) in [6.45, 7) is 4.11. The SMILES string of the molecule is COc1ncnc2c1CC[C@H]1[C@H](C)C(O)C(C#N)=C[C@]21C. The van der Waals surface area contributed by atoms with Crippen LogP contribution in [0.5, 0.6) is 5.88 Å². The first-order valence-corrected chi connectivity index (χ1v) is 7.22. The van der Waals surface area contributed by atoms with Gasteiger partial charge in [0.05, 0.1) is 30.6 Å². The van der Waals surface area contributed by atoms with Gasteiger partial charge in [-0.25, -0.2) is 9.97 Å². The molecule has 4 atom stereocenters. The van der Waals surface area contributed by atoms with Crippen LogP contribution in [-0.2, 0) is 11.8 Å². The number of hydrogen-bond acceptors (Lipinski definition) is 5. The lowest BCUT2D eigenvalue weighted by Gasteiger charge is -2.47. The van der Waals surface area contributed by atoms with E-state index < -0.39 is 6.10 Å². The van der Waals surface area contributed by atoms with Gasteiger partial charge in [0.2, 0.25) is 5.88 Å². The first kappa shape index (κ1) is 14.0. The van der Waals surface area contributed by atoms with E-state index in [4.69, 9.17) is 4.74 Å². The summed E-state index contributed by atoms with van der Waals surface area (Å²) in [5.41, 5.74) is 2.03. The van der Waals surface area contributed by atoms with E-state index in [0.29, 0.717) is 11.5 Å². The van der Waals surface area contributed by atoms with Gasteiger partial charge in [0.1, 0.15) is 6.33 Å². The molecule has 0 radical (unpaired) electrons. The number of aliphatic hydroxyl groups excluding tert-OH is 1. The summed E-state index contributed by atoms with van der Waals surface area (Å²) >= 11 is 0. The zero-order valence-electron chi connectivity index (χ0n) is 12.5. The van der Waals surface area contributed by atoms with Gasteiger partial charge in [0, 0.05) is 11.0 Å². The van der Waals surface area contributed by atoms with Crippen molar-refractivity contribution >= 4 is 0 Å². The molecule has 5 heteroatoms. The third-order valence-electron chi connectivity index (χ3n) is 5.12. The van der Waals surface area contributed by atoms with Crippen LogP contribution in [0.15, 0.2) is 18.0 Å². The second-order valence-corrected chi connectivity index (χ2v) is 6.15. The highest BCUT2D eigenvalue weighted by Gasteiger charge is 2.49. The van der Waals surface area contributed by atoms with Crippen molar-refractivity contribution in [1.82, 2.24) is 9.97 Å². The highest BCUT2D eigenvalue weighted by Crippen LogP contribution is 2.51. The van der Waals surface area contributed by atoms with Gasteiger partial charge < -0.3 is 9.84 Å². The highest BCUT2D eigenvalue weighted by atomic mass is 16.5. The molecule has 1 N–H and O–H groups in total. The average molecular weight is 285 g/mol. The van der Waals surface area contributed by atoms with Gasteiger partial charge >= 0.3 is 0 Å². The molecule has 1 heterocycles. The van der Waals surface area contributed by atoms with Gasteiger partial charge in [-0.15, -0.1) is 0 Å². The summed E-state index contributed by atoms with van der Waals surface area (Å²) in [5, 5.41) is 19.6. The summed E-state index contributed by atoms with van der Waals surface area (Å²) in [6.07, 6.45) is 4.50. The van der Waals surface area contributed by atoms with Crippen molar-refractivity contribution in [2.75, 3.05) is 7.11 Å². The second kappa shape index (κ2) is 4.81. The van der Waals surface area contributed by atoms with Gasteiger partial charge in [-0.1, -0.05) is 19.9 Å². The maximum Gasteiger partial charge on any atom is 0.219 e. The van der Waals surface area contributed by atoms with Gasteiger partial charge in [-0.05, 0) is 24.7 Å². The van der Waals surface area contributed by atoms with Gasteiger partial charge in [-0.3, -0.25) is 0 Å². The number of fused-ring (bicyclic) bond motifs is 3. The minimum Gasteiger partial charge on any atom is -0.481 e. The number of allylic oxidation sites excluding steroid dienone is 1. The minimum atomic E-state index is -0.682. The van der Waals surface area contributed by atoms with Gasteiger partial charge in [-0.2, -0.15) is 5.26 Å². The zero-order valence-corrected chi connectivity index (χ0v) is 12.5. The molecule has 3 rings (SSSR count). The number of aromatic nitrogens is 2. The Morgan fingerprint density at radius 2 is 2.24 bits per heavy atom. The fourth-order valence-corrected chi connectivity index (χ4v) is 4.03. The van der Waals surface area contributed by atoms with E-state index in [0.717, 1.165) is 24.1 Å². The lowest BCUT2D eigenvalue weighted by molar-refractivity contribution is 0.0664. The number of rotatable bonds is 1. The van der Waals surface area contributed by atoms with E-state index in [1.807, 2.05) is 13.0 Å². The Bertz CT molecular complexity index is 649. The maximum absolute atomic E-state index is 10.3. The van der Waals surface area contributed by atoms with Crippen LogP contribution >= 0.6 is 0 Å². The van der Waals surface area contributed by atoms with Gasteiger partial charge in [0.25, 0.3) is 0 Å². The molecule has 5 nitrogen and oxygen atoms in total. The van der Waals surface area contributed by atoms with E-state index in [1.165, 1.54) is 6.33 Å². The van der Waals surface area contributed by atoms with Crippen molar-refractivity contribution in [2.45, 2.75) is 38.2 Å². The molecule has 0 amide bonds. The molecule has 1 aromatic rings. The first-order chi connectivity index (χ1) is 10.0. The molecule has 1 aromatic heterocycles. The molecule has 2 aliphatic rings. The van der Waals surface area contributed by atoms with Crippen LogP contribution < -0.4 is 4.74 Å². The number of methoxy groups -OCH3 is 1. The second-order valence-electron chi connectivity index (χ2n) is 6.15. The smallest absolute Gasteiger partial charge is 0.219 e. The molecular weight excluding hydrogens is 266 g/mol. The Morgan fingerprint density at radius 3 is 2.90 bits per heavy atom. The predicted octanol–water partition coefficient (Wildman–Crippen LogP) is 1.77. The Morgan fingerprint density at radius 1 is 1.48 bits per heavy atom. The summed E-state index contributed by atoms with van der Waals surface area (Å²) in [6, 6.07) is 2.14. The Labute approximate surface area is 124 Å². The standard InChI is InChI=1S/C16H19N3O2/c1-9-12-5-4-11-14(18-8-19-15(11)21-3)16(12,2)6-10(7-17)13(9)20/h6,8-9,12-13,20H,4-5H2,1-3H3/t9-,12-,13?,16-/m0/s1. The van der Waals surface area contributed by atoms with Crippen molar-refractivity contribution in [1.29, 1.82) is 5.26 Å². The van der Waals surface area contributed by atoms with Crippen LogP contribution in [0.2, 0.25) is 0 Å². The largest absolute Gasteiger partial charge is 0.481 e. The monoisotopic (exact) mass is 285 g/mol. The van der Waals surface area contributed by atoms with Crippen LogP contribution in [0.25, 0.3) is 0 Å². The number of aliphatic hydroxyl groups is 1. The van der Waals surface area contributed by atoms with E-state index in [1.54, 1.807) is 7.11 Å². The molecule has 1 unspecified atom stereocenters. The molecule has 2 aliphatic carbocycles. The molecular formula is C16H19N3O2. The molecule has 110 valence electrons. The van der Waals surface area contributed by atoms with E-state index in [2.05, 4.69) is 23.0 Å². The summed E-state index contributed by atoms with van der Waals surface area (Å²) < 4.78 is 5.35. The van der Waals surface area contributed by atoms with Crippen LogP contribution in [0.4, 0.5) is 0 Å². The third-order valence-corrected chi connectivity index (χ3v) is 5.12. The molecule has 0 saturated heterocycles. The zero-order chi connectivity index (χ0) is 15.2. The Kier molecular flexibility index (Phi) is 3.22. The molecule has 0 saturated carbocycles. The number of hydrogen-bond donors (Lipinski definition) is 1. The topological polar surface area (TPSA) is 79.0 Å². The van der Waals surface area contributed by atoms with Crippen molar-refractivity contribution in [3.8, 4) is 11.9 Å². The predicted molar refractivity (Wildman–Crippen MR) is 76.6 cm³/mol. The fourth-order valence-electron chi connectivity index (χ4n) is 4.03. The summed E-state index contributed by atoms with van der Waals surface area (Å²) in [4.78, 5) is 8.67. The summed E-state index contributed by atoms with van der Waals surface area (Å²) in [5.74, 6) is 0.908. The maximum atomic E-state index is 10.3. The van der Waals surface area contributed by atoms with Crippen molar-refractivity contribution < 1.29 is 9.84 Å². The normalized spacial score (nSPS) is 34.2. The fraction of sp³-hybridized carbons (Fsp3) is 0.562. The lowest BCUT2D eigenvalue weighted by Crippen LogP contribution is -2.47. The quantitative estimate of drug-likeness (QED) is 0.850. The first-order valence-electron chi connectivity index (χ1n) is 7.22. The minimum absolute atomic E-state index is 0.0313.